The Morgan fingerprint density at radius 1 is 1.22 bits per heavy atom. The zero-order valence-corrected chi connectivity index (χ0v) is 11.7. The van der Waals surface area contributed by atoms with Gasteiger partial charge in [0.2, 0.25) is 0 Å². The smallest absolute Gasteiger partial charge is 0.0967 e. The second-order valence-electron chi connectivity index (χ2n) is 5.49. The van der Waals surface area contributed by atoms with Crippen molar-refractivity contribution in [1.82, 2.24) is 5.32 Å². The monoisotopic (exact) mass is 250 g/mol. The fraction of sp³-hybridized carbons (Fsp3) is 0.600. The van der Waals surface area contributed by atoms with Gasteiger partial charge in [0.15, 0.2) is 0 Å². The summed E-state index contributed by atoms with van der Waals surface area (Å²) in [6, 6.07) is 10.0. The zero-order valence-electron chi connectivity index (χ0n) is 11.7. The van der Waals surface area contributed by atoms with Crippen molar-refractivity contribution >= 4 is 0 Å². The number of aliphatic hydroxyl groups excluding tert-OH is 1. The zero-order chi connectivity index (χ0) is 13.6. The van der Waals surface area contributed by atoms with Gasteiger partial charge in [0.25, 0.3) is 0 Å². The Kier molecular flexibility index (Phi) is 5.79. The molecule has 102 valence electrons. The molecule has 0 fully saturated rings. The van der Waals surface area contributed by atoms with Gasteiger partial charge >= 0.3 is 0 Å². The van der Waals surface area contributed by atoms with Crippen LogP contribution in [-0.2, 0) is 6.42 Å². The van der Waals surface area contributed by atoms with Crippen LogP contribution in [0.25, 0.3) is 0 Å². The maximum absolute atomic E-state index is 9.91. The molecule has 0 aliphatic carbocycles. The molecular weight excluding hydrogens is 224 g/mol. The summed E-state index contributed by atoms with van der Waals surface area (Å²) in [5, 5.41) is 13.2. The first-order valence-corrected chi connectivity index (χ1v) is 6.70. The van der Waals surface area contributed by atoms with Crippen molar-refractivity contribution < 1.29 is 5.11 Å². The van der Waals surface area contributed by atoms with E-state index in [0.717, 1.165) is 18.5 Å². The molecule has 0 aliphatic rings. The summed E-state index contributed by atoms with van der Waals surface area (Å²) in [5.41, 5.74) is 6.68. The van der Waals surface area contributed by atoms with Crippen LogP contribution in [0, 0.1) is 5.92 Å². The van der Waals surface area contributed by atoms with Crippen molar-refractivity contribution in [3.8, 4) is 0 Å². The summed E-state index contributed by atoms with van der Waals surface area (Å²) < 4.78 is 0. The molecule has 3 heteroatoms. The van der Waals surface area contributed by atoms with E-state index < -0.39 is 11.8 Å². The van der Waals surface area contributed by atoms with E-state index >= 15 is 0 Å². The van der Waals surface area contributed by atoms with E-state index in [1.54, 1.807) is 6.92 Å². The van der Waals surface area contributed by atoms with Crippen LogP contribution < -0.4 is 11.1 Å². The van der Waals surface area contributed by atoms with Crippen molar-refractivity contribution in [3.05, 3.63) is 35.9 Å². The summed E-state index contributed by atoms with van der Waals surface area (Å²) in [5.74, 6) is 0.632. The van der Waals surface area contributed by atoms with Crippen molar-refractivity contribution in [1.29, 1.82) is 0 Å². The third kappa shape index (κ3) is 4.77. The van der Waals surface area contributed by atoms with Crippen LogP contribution in [0.2, 0.25) is 0 Å². The van der Waals surface area contributed by atoms with Gasteiger partial charge in [-0.2, -0.15) is 0 Å². The first-order chi connectivity index (χ1) is 8.44. The van der Waals surface area contributed by atoms with E-state index in [1.807, 2.05) is 30.3 Å². The first-order valence-electron chi connectivity index (χ1n) is 6.70. The number of rotatable bonds is 7. The van der Waals surface area contributed by atoms with Crippen LogP contribution in [0.5, 0.6) is 0 Å². The van der Waals surface area contributed by atoms with E-state index in [1.165, 1.54) is 0 Å². The summed E-state index contributed by atoms with van der Waals surface area (Å²) in [7, 11) is 0. The number of nitrogens with one attached hydrogen (secondary N) is 1. The molecule has 0 saturated carbocycles. The van der Waals surface area contributed by atoms with Crippen LogP contribution in [0.15, 0.2) is 30.3 Å². The molecule has 0 radical (unpaired) electrons. The summed E-state index contributed by atoms with van der Waals surface area (Å²) in [6.07, 6.45) is 1.09. The fourth-order valence-corrected chi connectivity index (χ4v) is 1.89. The Bertz CT molecular complexity index is 338. The Morgan fingerprint density at radius 3 is 2.33 bits per heavy atom. The molecule has 2 atom stereocenters. The van der Waals surface area contributed by atoms with E-state index in [2.05, 4.69) is 19.2 Å². The quantitative estimate of drug-likeness (QED) is 0.648. The van der Waals surface area contributed by atoms with Gasteiger partial charge in [-0.1, -0.05) is 44.2 Å². The number of hydrogen-bond donors (Lipinski definition) is 3. The number of aliphatic hydroxyl groups is 1. The van der Waals surface area contributed by atoms with Crippen molar-refractivity contribution in [2.24, 2.45) is 11.7 Å². The molecule has 4 N–H and O–H groups in total. The van der Waals surface area contributed by atoms with Crippen LogP contribution in [-0.4, -0.2) is 23.4 Å². The van der Waals surface area contributed by atoms with Gasteiger partial charge in [0, 0.05) is 6.42 Å². The molecule has 0 spiro atoms. The lowest BCUT2D eigenvalue weighted by Gasteiger charge is -2.34. The van der Waals surface area contributed by atoms with Gasteiger partial charge in [-0.05, 0) is 31.4 Å². The highest BCUT2D eigenvalue weighted by Gasteiger charge is 2.30. The van der Waals surface area contributed by atoms with Gasteiger partial charge in [0.1, 0.15) is 0 Å². The van der Waals surface area contributed by atoms with E-state index in [9.17, 15) is 5.11 Å². The highest BCUT2D eigenvalue weighted by atomic mass is 16.3. The lowest BCUT2D eigenvalue weighted by atomic mass is 9.95. The number of benzene rings is 1. The second-order valence-corrected chi connectivity index (χ2v) is 5.49. The lowest BCUT2D eigenvalue weighted by Crippen LogP contribution is -2.62. The third-order valence-corrected chi connectivity index (χ3v) is 3.26. The molecule has 0 heterocycles. The van der Waals surface area contributed by atoms with Gasteiger partial charge in [-0.15, -0.1) is 0 Å². The molecule has 0 bridgehead atoms. The van der Waals surface area contributed by atoms with Gasteiger partial charge < -0.3 is 10.8 Å². The Hall–Kier alpha value is -0.900. The van der Waals surface area contributed by atoms with E-state index in [-0.39, 0.29) is 0 Å². The van der Waals surface area contributed by atoms with Crippen LogP contribution in [0.1, 0.15) is 32.8 Å². The predicted octanol–water partition coefficient (Wildman–Crippen LogP) is 1.90. The molecule has 1 aromatic rings. The van der Waals surface area contributed by atoms with Crippen molar-refractivity contribution in [3.63, 3.8) is 0 Å². The molecule has 1 aromatic carbocycles. The minimum absolute atomic E-state index is 0.593. The topological polar surface area (TPSA) is 58.3 Å². The fourth-order valence-electron chi connectivity index (χ4n) is 1.89. The first kappa shape index (κ1) is 15.2. The SMILES string of the molecule is CC(C)CCN[C@@](N)(Cc1ccccc1)[C@@H](C)O. The second kappa shape index (κ2) is 6.88. The maximum atomic E-state index is 9.91. The molecular formula is C15H26N2O. The summed E-state index contributed by atoms with van der Waals surface area (Å²) >= 11 is 0. The van der Waals surface area contributed by atoms with Crippen molar-refractivity contribution in [2.45, 2.75) is 45.4 Å². The van der Waals surface area contributed by atoms with E-state index in [0.29, 0.717) is 12.3 Å². The molecule has 1 rings (SSSR count). The van der Waals surface area contributed by atoms with Crippen LogP contribution in [0.3, 0.4) is 0 Å². The minimum atomic E-state index is -0.754. The number of hydrogen-bond acceptors (Lipinski definition) is 3. The highest BCUT2D eigenvalue weighted by molar-refractivity contribution is 5.18. The molecule has 0 aromatic heterocycles. The molecule has 18 heavy (non-hydrogen) atoms. The predicted molar refractivity (Wildman–Crippen MR) is 76.2 cm³/mol. The Labute approximate surface area is 110 Å². The molecule has 0 saturated heterocycles. The Morgan fingerprint density at radius 2 is 1.83 bits per heavy atom. The standard InChI is InChI=1S/C15H26N2O/c1-12(2)9-10-17-15(16,13(3)18)11-14-7-5-4-6-8-14/h4-8,12-13,17-18H,9-11,16H2,1-3H3/t13-,15+/m1/s1. The van der Waals surface area contributed by atoms with E-state index in [4.69, 9.17) is 5.73 Å². The Balaban J connectivity index is 2.63. The van der Waals surface area contributed by atoms with Crippen molar-refractivity contribution in [2.75, 3.05) is 6.54 Å². The van der Waals surface area contributed by atoms with Crippen LogP contribution in [0.4, 0.5) is 0 Å². The minimum Gasteiger partial charge on any atom is -0.390 e. The third-order valence-electron chi connectivity index (χ3n) is 3.26. The average molecular weight is 250 g/mol. The molecule has 3 nitrogen and oxygen atoms in total. The van der Waals surface area contributed by atoms with Gasteiger partial charge in [-0.25, -0.2) is 0 Å². The molecule has 0 amide bonds. The lowest BCUT2D eigenvalue weighted by molar-refractivity contribution is 0.0762. The number of nitrogens with two attached hydrogens (primary N) is 1. The highest BCUT2D eigenvalue weighted by Crippen LogP contribution is 2.13. The van der Waals surface area contributed by atoms with Gasteiger partial charge in [-0.3, -0.25) is 5.32 Å². The maximum Gasteiger partial charge on any atom is 0.0967 e. The van der Waals surface area contributed by atoms with Gasteiger partial charge in [0.05, 0.1) is 11.8 Å². The average Bonchev–Trinajstić information content (AvgIpc) is 2.29. The normalized spacial score (nSPS) is 16.6. The largest absolute Gasteiger partial charge is 0.390 e. The summed E-state index contributed by atoms with van der Waals surface area (Å²) in [6.45, 7) is 6.93. The molecule has 0 unspecified atom stereocenters. The molecule has 0 aliphatic heterocycles. The summed E-state index contributed by atoms with van der Waals surface area (Å²) in [4.78, 5) is 0. The van der Waals surface area contributed by atoms with Crippen LogP contribution >= 0.6 is 0 Å².